The van der Waals surface area contributed by atoms with Crippen molar-refractivity contribution >= 4 is 28.8 Å². The third-order valence-corrected chi connectivity index (χ3v) is 3.72. The number of hydrazone groups is 1. The number of phenolic OH excluding ortho intramolecular Hbond substituents is 1. The molecule has 0 aliphatic heterocycles. The van der Waals surface area contributed by atoms with Gasteiger partial charge < -0.3 is 10.4 Å². The molecule has 6 nitrogen and oxygen atoms in total. The number of carbonyl (C=O) groups is 2. The Bertz CT molecular complexity index is 977. The molecule has 26 heavy (non-hydrogen) atoms. The third-order valence-electron chi connectivity index (χ3n) is 3.72. The molecule has 0 unspecified atom stereocenters. The molecule has 3 rings (SSSR count). The minimum absolute atomic E-state index is 0.114. The summed E-state index contributed by atoms with van der Waals surface area (Å²) in [6.45, 7) is -0.195. The van der Waals surface area contributed by atoms with E-state index in [1.54, 1.807) is 30.3 Å². The molecule has 0 saturated carbocycles. The predicted molar refractivity (Wildman–Crippen MR) is 100 cm³/mol. The maximum absolute atomic E-state index is 12.3. The number of amides is 2. The third kappa shape index (κ3) is 4.24. The van der Waals surface area contributed by atoms with E-state index in [-0.39, 0.29) is 18.2 Å². The van der Waals surface area contributed by atoms with Crippen LogP contribution in [0.2, 0.25) is 0 Å². The van der Waals surface area contributed by atoms with E-state index < -0.39 is 5.91 Å². The summed E-state index contributed by atoms with van der Waals surface area (Å²) < 4.78 is 0. The number of benzene rings is 3. The van der Waals surface area contributed by atoms with Crippen molar-refractivity contribution < 1.29 is 14.7 Å². The summed E-state index contributed by atoms with van der Waals surface area (Å²) in [5, 5.41) is 17.5. The zero-order chi connectivity index (χ0) is 18.4. The first-order valence-corrected chi connectivity index (χ1v) is 8.00. The van der Waals surface area contributed by atoms with E-state index >= 15 is 0 Å². The molecule has 0 heterocycles. The van der Waals surface area contributed by atoms with Gasteiger partial charge >= 0.3 is 0 Å². The van der Waals surface area contributed by atoms with Crippen LogP contribution >= 0.6 is 0 Å². The summed E-state index contributed by atoms with van der Waals surface area (Å²) >= 11 is 0. The maximum Gasteiger partial charge on any atom is 0.259 e. The Morgan fingerprint density at radius 2 is 1.77 bits per heavy atom. The van der Waals surface area contributed by atoms with Gasteiger partial charge in [0.15, 0.2) is 0 Å². The number of nitrogens with one attached hydrogen (secondary N) is 2. The molecule has 0 saturated heterocycles. The fourth-order valence-corrected chi connectivity index (χ4v) is 2.50. The summed E-state index contributed by atoms with van der Waals surface area (Å²) in [6.07, 6.45) is 1.41. The van der Waals surface area contributed by atoms with Crippen molar-refractivity contribution in [1.82, 2.24) is 10.7 Å². The number of hydrogen-bond donors (Lipinski definition) is 3. The van der Waals surface area contributed by atoms with Crippen LogP contribution in [0.15, 0.2) is 71.8 Å². The van der Waals surface area contributed by atoms with Crippen molar-refractivity contribution in [2.45, 2.75) is 0 Å². The van der Waals surface area contributed by atoms with Crippen molar-refractivity contribution in [3.05, 3.63) is 77.9 Å². The Balaban J connectivity index is 1.56. The normalized spacial score (nSPS) is 10.8. The molecule has 2 amide bonds. The summed E-state index contributed by atoms with van der Waals surface area (Å²) in [5.41, 5.74) is 3.49. The Hall–Kier alpha value is -3.67. The second-order valence-electron chi connectivity index (χ2n) is 5.60. The second kappa shape index (κ2) is 7.94. The lowest BCUT2D eigenvalue weighted by atomic mass is 10.0. The number of hydrogen-bond acceptors (Lipinski definition) is 4. The first-order valence-electron chi connectivity index (χ1n) is 8.00. The van der Waals surface area contributed by atoms with Gasteiger partial charge in [-0.3, -0.25) is 9.59 Å². The highest BCUT2D eigenvalue weighted by molar-refractivity contribution is 6.07. The van der Waals surface area contributed by atoms with E-state index in [9.17, 15) is 14.7 Å². The van der Waals surface area contributed by atoms with Crippen LogP contribution in [0.1, 0.15) is 15.9 Å². The van der Waals surface area contributed by atoms with Crippen LogP contribution in [0, 0.1) is 0 Å². The summed E-state index contributed by atoms with van der Waals surface area (Å²) in [6, 6.07) is 19.5. The highest BCUT2D eigenvalue weighted by atomic mass is 16.3. The van der Waals surface area contributed by atoms with Crippen molar-refractivity contribution in [3.8, 4) is 5.75 Å². The van der Waals surface area contributed by atoms with E-state index in [1.165, 1.54) is 12.3 Å². The van der Waals surface area contributed by atoms with Gasteiger partial charge in [-0.2, -0.15) is 5.10 Å². The molecule has 130 valence electrons. The Kier molecular flexibility index (Phi) is 5.24. The van der Waals surface area contributed by atoms with Crippen molar-refractivity contribution in [1.29, 1.82) is 0 Å². The quantitative estimate of drug-likeness (QED) is 0.489. The molecule has 3 aromatic carbocycles. The summed E-state index contributed by atoms with van der Waals surface area (Å²) in [5.74, 6) is -0.661. The molecule has 0 spiro atoms. The molecule has 0 fully saturated rings. The summed E-state index contributed by atoms with van der Waals surface area (Å²) in [4.78, 5) is 24.1. The molecule has 6 heteroatoms. The zero-order valence-corrected chi connectivity index (χ0v) is 13.8. The monoisotopic (exact) mass is 347 g/mol. The number of fused-ring (bicyclic) bond motifs is 1. The number of nitrogens with zero attached hydrogens (tertiary/aromatic N) is 1. The first kappa shape index (κ1) is 17.2. The van der Waals surface area contributed by atoms with E-state index in [2.05, 4.69) is 15.8 Å². The van der Waals surface area contributed by atoms with Gasteiger partial charge in [-0.25, -0.2) is 5.43 Å². The van der Waals surface area contributed by atoms with Gasteiger partial charge in [0.2, 0.25) is 0 Å². The molecule has 0 bridgehead atoms. The SMILES string of the molecule is O=C(CNC(=O)c1cccc2ccccc12)N/N=C\c1cccc(O)c1. The van der Waals surface area contributed by atoms with Gasteiger partial charge in [0, 0.05) is 5.56 Å². The van der Waals surface area contributed by atoms with Crippen LogP contribution in [0.5, 0.6) is 5.75 Å². The molecular formula is C20H17N3O3. The molecule has 0 radical (unpaired) electrons. The number of carbonyl (C=O) groups excluding carboxylic acids is 2. The largest absolute Gasteiger partial charge is 0.508 e. The fraction of sp³-hybridized carbons (Fsp3) is 0.0500. The van der Waals surface area contributed by atoms with Crippen molar-refractivity contribution in [2.24, 2.45) is 5.10 Å². The van der Waals surface area contributed by atoms with Crippen LogP contribution < -0.4 is 10.7 Å². The number of phenols is 1. The van der Waals surface area contributed by atoms with E-state index in [1.807, 2.05) is 30.3 Å². The molecule has 0 aromatic heterocycles. The molecular weight excluding hydrogens is 330 g/mol. The van der Waals surface area contributed by atoms with Gasteiger partial charge in [0.05, 0.1) is 12.8 Å². The summed E-state index contributed by atoms with van der Waals surface area (Å²) in [7, 11) is 0. The molecule has 3 N–H and O–H groups in total. The van der Waals surface area contributed by atoms with Gasteiger partial charge in [0.1, 0.15) is 5.75 Å². The van der Waals surface area contributed by atoms with Gasteiger partial charge in [-0.05, 0) is 34.5 Å². The molecule has 0 aliphatic rings. The van der Waals surface area contributed by atoms with Gasteiger partial charge in [-0.1, -0.05) is 48.5 Å². The predicted octanol–water partition coefficient (Wildman–Crippen LogP) is 2.43. The van der Waals surface area contributed by atoms with E-state index in [0.717, 1.165) is 10.8 Å². The first-order chi connectivity index (χ1) is 12.6. The van der Waals surface area contributed by atoms with Crippen molar-refractivity contribution in [3.63, 3.8) is 0 Å². The molecule has 3 aromatic rings. The molecule has 0 atom stereocenters. The Labute approximate surface area is 150 Å². The average Bonchev–Trinajstić information content (AvgIpc) is 2.66. The van der Waals surface area contributed by atoms with Gasteiger partial charge in [0.25, 0.3) is 11.8 Å². The maximum atomic E-state index is 12.3. The standard InChI is InChI=1S/C20H17N3O3/c24-16-8-3-5-14(11-16)12-22-23-19(25)13-21-20(26)18-10-4-7-15-6-1-2-9-17(15)18/h1-12,24H,13H2,(H,21,26)(H,23,25)/b22-12-. The highest BCUT2D eigenvalue weighted by Crippen LogP contribution is 2.18. The Morgan fingerprint density at radius 1 is 1.00 bits per heavy atom. The minimum Gasteiger partial charge on any atom is -0.508 e. The van der Waals surface area contributed by atoms with Crippen molar-refractivity contribution in [2.75, 3.05) is 6.54 Å². The topological polar surface area (TPSA) is 90.8 Å². The van der Waals surface area contributed by atoms with Crippen LogP contribution in [0.4, 0.5) is 0 Å². The smallest absolute Gasteiger partial charge is 0.259 e. The van der Waals surface area contributed by atoms with Crippen LogP contribution in [-0.4, -0.2) is 29.7 Å². The zero-order valence-electron chi connectivity index (χ0n) is 13.8. The average molecular weight is 347 g/mol. The van der Waals surface area contributed by atoms with Gasteiger partial charge in [-0.15, -0.1) is 0 Å². The lowest BCUT2D eigenvalue weighted by Gasteiger charge is -2.07. The highest BCUT2D eigenvalue weighted by Gasteiger charge is 2.10. The number of aromatic hydroxyl groups is 1. The minimum atomic E-state index is -0.449. The Morgan fingerprint density at radius 3 is 2.62 bits per heavy atom. The number of rotatable bonds is 5. The molecule has 0 aliphatic carbocycles. The van der Waals surface area contributed by atoms with Crippen LogP contribution in [0.25, 0.3) is 10.8 Å². The second-order valence-corrected chi connectivity index (χ2v) is 5.60. The van der Waals surface area contributed by atoms with E-state index in [0.29, 0.717) is 11.1 Å². The van der Waals surface area contributed by atoms with Crippen LogP contribution in [-0.2, 0) is 4.79 Å². The van der Waals surface area contributed by atoms with Crippen LogP contribution in [0.3, 0.4) is 0 Å². The lowest BCUT2D eigenvalue weighted by Crippen LogP contribution is -2.35. The fourth-order valence-electron chi connectivity index (χ4n) is 2.50. The lowest BCUT2D eigenvalue weighted by molar-refractivity contribution is -0.120. The van der Waals surface area contributed by atoms with E-state index in [4.69, 9.17) is 0 Å².